The van der Waals surface area contributed by atoms with E-state index in [0.29, 0.717) is 10.6 Å². The third-order valence-electron chi connectivity index (χ3n) is 1.55. The van der Waals surface area contributed by atoms with E-state index in [-0.39, 0.29) is 6.61 Å². The Bertz CT molecular complexity index is 365. The summed E-state index contributed by atoms with van der Waals surface area (Å²) in [6.45, 7) is -0.262. The summed E-state index contributed by atoms with van der Waals surface area (Å²) in [6.07, 6.45) is 1.57. The van der Waals surface area contributed by atoms with Gasteiger partial charge in [0.05, 0.1) is 18.2 Å². The smallest absolute Gasteiger partial charge is 0.0971 e. The van der Waals surface area contributed by atoms with Crippen molar-refractivity contribution in [2.75, 3.05) is 6.61 Å². The predicted molar refractivity (Wildman–Crippen MR) is 52.1 cm³/mol. The Morgan fingerprint density at radius 2 is 2.23 bits per heavy atom. The maximum atomic E-state index is 8.74. The minimum Gasteiger partial charge on any atom is -0.391 e. The third-order valence-corrected chi connectivity index (χ3v) is 1.89. The summed E-state index contributed by atoms with van der Waals surface area (Å²) >= 11 is 5.85. The Labute approximate surface area is 81.7 Å². The lowest BCUT2D eigenvalue weighted by Gasteiger charge is -1.97. The predicted octanol–water partition coefficient (Wildman–Crippen LogP) is 2.24. The fraction of sp³-hybridized carbons (Fsp3) is 0.100. The monoisotopic (exact) mass is 193 g/mol. The van der Waals surface area contributed by atoms with E-state index < -0.39 is 0 Å². The Morgan fingerprint density at radius 3 is 2.77 bits per heavy atom. The van der Waals surface area contributed by atoms with Crippen LogP contribution >= 0.6 is 11.6 Å². The number of halogens is 1. The molecule has 3 heteroatoms. The number of nitrogens with zero attached hydrogens (tertiary/aromatic N) is 1. The zero-order valence-electron chi connectivity index (χ0n) is 6.87. The molecule has 0 aliphatic carbocycles. The fourth-order valence-electron chi connectivity index (χ4n) is 0.893. The molecule has 0 saturated carbocycles. The Hall–Kier alpha value is -1.30. The molecule has 0 aliphatic heterocycles. The van der Waals surface area contributed by atoms with Gasteiger partial charge in [0.15, 0.2) is 0 Å². The summed E-state index contributed by atoms with van der Waals surface area (Å²) in [5.41, 5.74) is 1.04. The highest BCUT2D eigenvalue weighted by atomic mass is 35.5. The second kappa shape index (κ2) is 4.66. The normalized spacial score (nSPS) is 11.0. The van der Waals surface area contributed by atoms with Crippen LogP contribution in [0.5, 0.6) is 0 Å². The van der Waals surface area contributed by atoms with Gasteiger partial charge < -0.3 is 5.11 Å². The van der Waals surface area contributed by atoms with Gasteiger partial charge in [0.1, 0.15) is 0 Å². The molecule has 13 heavy (non-hydrogen) atoms. The Balaban J connectivity index is 3.04. The number of nitriles is 1. The quantitative estimate of drug-likeness (QED) is 0.733. The van der Waals surface area contributed by atoms with E-state index in [2.05, 4.69) is 0 Å². The fourth-order valence-corrected chi connectivity index (χ4v) is 1.08. The van der Waals surface area contributed by atoms with E-state index in [0.717, 1.165) is 5.56 Å². The zero-order valence-corrected chi connectivity index (χ0v) is 7.62. The first kappa shape index (κ1) is 9.79. The Morgan fingerprint density at radius 1 is 1.54 bits per heavy atom. The summed E-state index contributed by atoms with van der Waals surface area (Å²) in [5, 5.41) is 17.9. The van der Waals surface area contributed by atoms with Crippen LogP contribution in [0.25, 0.3) is 6.08 Å². The van der Waals surface area contributed by atoms with Crippen molar-refractivity contribution in [3.05, 3.63) is 40.4 Å². The van der Waals surface area contributed by atoms with Crippen molar-refractivity contribution < 1.29 is 5.11 Å². The first-order chi connectivity index (χ1) is 6.27. The second-order valence-corrected chi connectivity index (χ2v) is 2.87. The lowest BCUT2D eigenvalue weighted by Crippen LogP contribution is -1.86. The van der Waals surface area contributed by atoms with Crippen LogP contribution in [0, 0.1) is 11.3 Å². The van der Waals surface area contributed by atoms with Crippen LogP contribution in [-0.2, 0) is 0 Å². The van der Waals surface area contributed by atoms with Crippen LogP contribution in [0.3, 0.4) is 0 Å². The van der Waals surface area contributed by atoms with Crippen LogP contribution in [0.2, 0.25) is 5.02 Å². The molecular weight excluding hydrogens is 186 g/mol. The molecule has 0 fully saturated rings. The van der Waals surface area contributed by atoms with Crippen LogP contribution in [0.15, 0.2) is 29.8 Å². The van der Waals surface area contributed by atoms with Crippen molar-refractivity contribution in [3.63, 3.8) is 0 Å². The van der Waals surface area contributed by atoms with Crippen LogP contribution in [-0.4, -0.2) is 11.7 Å². The van der Waals surface area contributed by atoms with E-state index in [4.69, 9.17) is 22.0 Å². The van der Waals surface area contributed by atoms with Crippen molar-refractivity contribution >= 4 is 17.7 Å². The van der Waals surface area contributed by atoms with Gasteiger partial charge in [0, 0.05) is 5.02 Å². The number of benzene rings is 1. The van der Waals surface area contributed by atoms with Crippen LogP contribution < -0.4 is 0 Å². The molecule has 0 atom stereocenters. The molecule has 0 bridgehead atoms. The molecule has 1 N–H and O–H groups in total. The van der Waals surface area contributed by atoms with E-state index in [1.165, 1.54) is 0 Å². The zero-order chi connectivity index (χ0) is 9.68. The highest BCUT2D eigenvalue weighted by molar-refractivity contribution is 6.32. The van der Waals surface area contributed by atoms with Gasteiger partial charge >= 0.3 is 0 Å². The molecule has 0 amide bonds. The Kier molecular flexibility index (Phi) is 3.51. The highest BCUT2D eigenvalue weighted by Crippen LogP contribution is 2.17. The number of rotatable bonds is 2. The van der Waals surface area contributed by atoms with E-state index in [1.807, 2.05) is 18.2 Å². The molecule has 1 aromatic rings. The largest absolute Gasteiger partial charge is 0.391 e. The molecule has 1 aromatic carbocycles. The highest BCUT2D eigenvalue weighted by Gasteiger charge is 1.97. The SMILES string of the molecule is N#C/C(=C\c1ccccc1Cl)CO. The van der Waals surface area contributed by atoms with Gasteiger partial charge in [-0.1, -0.05) is 29.8 Å². The molecule has 66 valence electrons. The summed E-state index contributed by atoms with van der Waals surface area (Å²) in [4.78, 5) is 0. The molecule has 0 aliphatic rings. The van der Waals surface area contributed by atoms with Gasteiger partial charge in [-0.15, -0.1) is 0 Å². The molecule has 0 heterocycles. The number of hydrogen-bond acceptors (Lipinski definition) is 2. The summed E-state index contributed by atoms with van der Waals surface area (Å²) < 4.78 is 0. The van der Waals surface area contributed by atoms with Crippen molar-refractivity contribution in [3.8, 4) is 6.07 Å². The number of aliphatic hydroxyl groups is 1. The van der Waals surface area contributed by atoms with Crippen LogP contribution in [0.4, 0.5) is 0 Å². The number of hydrogen-bond donors (Lipinski definition) is 1. The minimum atomic E-state index is -0.262. The number of aliphatic hydroxyl groups excluding tert-OH is 1. The average Bonchev–Trinajstić information content (AvgIpc) is 2.17. The van der Waals surface area contributed by atoms with E-state index in [9.17, 15) is 0 Å². The van der Waals surface area contributed by atoms with Crippen LogP contribution in [0.1, 0.15) is 5.56 Å². The lowest BCUT2D eigenvalue weighted by atomic mass is 10.1. The second-order valence-electron chi connectivity index (χ2n) is 2.46. The van der Waals surface area contributed by atoms with Gasteiger partial charge in [-0.2, -0.15) is 5.26 Å². The first-order valence-corrected chi connectivity index (χ1v) is 4.12. The van der Waals surface area contributed by atoms with Crippen molar-refractivity contribution in [1.82, 2.24) is 0 Å². The van der Waals surface area contributed by atoms with Gasteiger partial charge in [-0.05, 0) is 17.7 Å². The summed E-state index contributed by atoms with van der Waals surface area (Å²) in [7, 11) is 0. The maximum absolute atomic E-state index is 8.74. The lowest BCUT2D eigenvalue weighted by molar-refractivity contribution is 0.337. The van der Waals surface area contributed by atoms with Gasteiger partial charge in [-0.3, -0.25) is 0 Å². The maximum Gasteiger partial charge on any atom is 0.0971 e. The molecular formula is C10H8ClNO. The molecule has 0 radical (unpaired) electrons. The summed E-state index contributed by atoms with van der Waals surface area (Å²) in [5.74, 6) is 0. The molecule has 0 aromatic heterocycles. The van der Waals surface area contributed by atoms with E-state index in [1.54, 1.807) is 18.2 Å². The molecule has 1 rings (SSSR count). The van der Waals surface area contributed by atoms with Gasteiger partial charge in [-0.25, -0.2) is 0 Å². The standard InChI is InChI=1S/C10H8ClNO/c11-10-4-2-1-3-9(10)5-8(6-12)7-13/h1-5,13H,7H2/b8-5+. The topological polar surface area (TPSA) is 44.0 Å². The van der Waals surface area contributed by atoms with E-state index >= 15 is 0 Å². The average molecular weight is 194 g/mol. The molecule has 2 nitrogen and oxygen atoms in total. The van der Waals surface area contributed by atoms with Gasteiger partial charge in [0.25, 0.3) is 0 Å². The van der Waals surface area contributed by atoms with Crippen molar-refractivity contribution in [2.45, 2.75) is 0 Å². The van der Waals surface area contributed by atoms with Crippen molar-refractivity contribution in [1.29, 1.82) is 5.26 Å². The van der Waals surface area contributed by atoms with Crippen molar-refractivity contribution in [2.24, 2.45) is 0 Å². The van der Waals surface area contributed by atoms with Gasteiger partial charge in [0.2, 0.25) is 0 Å². The summed E-state index contributed by atoms with van der Waals surface area (Å²) in [6, 6.07) is 9.04. The third kappa shape index (κ3) is 2.59. The minimum absolute atomic E-state index is 0.262. The molecule has 0 saturated heterocycles. The molecule has 0 unspecified atom stereocenters. The molecule has 0 spiro atoms. The first-order valence-electron chi connectivity index (χ1n) is 3.74.